The van der Waals surface area contributed by atoms with Crippen LogP contribution in [0.4, 0.5) is 5.82 Å². The molecule has 2 aromatic heterocycles. The van der Waals surface area contributed by atoms with E-state index in [0.29, 0.717) is 22.9 Å². The number of aryl methyl sites for hydroxylation is 1. The second-order valence-electron chi connectivity index (χ2n) is 6.60. The zero-order valence-corrected chi connectivity index (χ0v) is 17.0. The van der Waals surface area contributed by atoms with Crippen molar-refractivity contribution in [2.45, 2.75) is 31.6 Å². The Balaban J connectivity index is 2.02. The van der Waals surface area contributed by atoms with Gasteiger partial charge in [-0.2, -0.15) is 0 Å². The molecule has 3 aromatic rings. The van der Waals surface area contributed by atoms with Crippen LogP contribution in [0.2, 0.25) is 0 Å². The third kappa shape index (κ3) is 4.12. The standard InChI is InChI=1S/C20H22N4O3S/c1-13(2)15-7-9-16(10-8-15)18-17(6-5-11-21-18)28(25,26)24-19-20(27-4)23-14(3)12-22-19/h5-13H,1-4H3,(H,22,24). The topological polar surface area (TPSA) is 94.1 Å². The Morgan fingerprint density at radius 3 is 2.43 bits per heavy atom. The smallest absolute Gasteiger partial charge is 0.265 e. The molecule has 3 rings (SSSR count). The second-order valence-corrected chi connectivity index (χ2v) is 8.25. The summed E-state index contributed by atoms with van der Waals surface area (Å²) < 4.78 is 33.7. The summed E-state index contributed by atoms with van der Waals surface area (Å²) >= 11 is 0. The van der Waals surface area contributed by atoms with Crippen LogP contribution in [0.1, 0.15) is 31.0 Å². The number of ether oxygens (including phenoxy) is 1. The summed E-state index contributed by atoms with van der Waals surface area (Å²) in [5.74, 6) is 0.517. The fourth-order valence-electron chi connectivity index (χ4n) is 2.70. The van der Waals surface area contributed by atoms with Crippen LogP contribution < -0.4 is 9.46 Å². The van der Waals surface area contributed by atoms with Crippen molar-refractivity contribution in [3.05, 3.63) is 60.0 Å². The molecule has 7 nitrogen and oxygen atoms in total. The highest BCUT2D eigenvalue weighted by Crippen LogP contribution is 2.29. The number of hydrogen-bond donors (Lipinski definition) is 1. The molecule has 0 spiro atoms. The molecule has 2 heterocycles. The summed E-state index contributed by atoms with van der Waals surface area (Å²) in [7, 11) is -2.55. The van der Waals surface area contributed by atoms with Gasteiger partial charge in [-0.3, -0.25) is 9.71 Å². The Morgan fingerprint density at radius 1 is 1.07 bits per heavy atom. The van der Waals surface area contributed by atoms with Crippen molar-refractivity contribution in [1.29, 1.82) is 0 Å². The lowest BCUT2D eigenvalue weighted by Gasteiger charge is -2.13. The number of nitrogens with zero attached hydrogens (tertiary/aromatic N) is 3. The van der Waals surface area contributed by atoms with Crippen molar-refractivity contribution in [2.75, 3.05) is 11.8 Å². The lowest BCUT2D eigenvalue weighted by atomic mass is 10.0. The normalized spacial score (nSPS) is 11.5. The van der Waals surface area contributed by atoms with Gasteiger partial charge in [-0.15, -0.1) is 0 Å². The van der Waals surface area contributed by atoms with E-state index in [9.17, 15) is 8.42 Å². The molecule has 0 unspecified atom stereocenters. The van der Waals surface area contributed by atoms with Gasteiger partial charge in [-0.05, 0) is 30.5 Å². The SMILES string of the molecule is COc1nc(C)cnc1NS(=O)(=O)c1cccnc1-c1ccc(C(C)C)cc1. The van der Waals surface area contributed by atoms with Gasteiger partial charge in [0.05, 0.1) is 24.7 Å². The second kappa shape index (κ2) is 7.93. The Kier molecular flexibility index (Phi) is 5.60. The maximum atomic E-state index is 13.0. The van der Waals surface area contributed by atoms with Crippen molar-refractivity contribution >= 4 is 15.8 Å². The first-order valence-electron chi connectivity index (χ1n) is 8.77. The van der Waals surface area contributed by atoms with Crippen molar-refractivity contribution < 1.29 is 13.2 Å². The number of benzene rings is 1. The first kappa shape index (κ1) is 19.8. The molecule has 0 aliphatic carbocycles. The van der Waals surface area contributed by atoms with Gasteiger partial charge in [0, 0.05) is 11.8 Å². The molecule has 0 fully saturated rings. The van der Waals surface area contributed by atoms with E-state index in [1.54, 1.807) is 19.2 Å². The molecule has 28 heavy (non-hydrogen) atoms. The van der Waals surface area contributed by atoms with E-state index >= 15 is 0 Å². The predicted octanol–water partition coefficient (Wildman–Crippen LogP) is 3.78. The molecule has 0 bridgehead atoms. The minimum Gasteiger partial charge on any atom is -0.478 e. The molecule has 1 N–H and O–H groups in total. The maximum absolute atomic E-state index is 13.0. The molecular formula is C20H22N4O3S. The van der Waals surface area contributed by atoms with Crippen LogP contribution >= 0.6 is 0 Å². The van der Waals surface area contributed by atoms with Gasteiger partial charge in [0.1, 0.15) is 4.90 Å². The zero-order chi connectivity index (χ0) is 20.3. The Labute approximate surface area is 164 Å². The highest BCUT2D eigenvalue weighted by molar-refractivity contribution is 7.92. The Hall–Kier alpha value is -3.00. The number of pyridine rings is 1. The van der Waals surface area contributed by atoms with E-state index in [2.05, 4.69) is 33.5 Å². The fraction of sp³-hybridized carbons (Fsp3) is 0.250. The molecule has 8 heteroatoms. The van der Waals surface area contributed by atoms with E-state index in [4.69, 9.17) is 4.74 Å². The number of anilines is 1. The van der Waals surface area contributed by atoms with Gasteiger partial charge < -0.3 is 4.74 Å². The van der Waals surface area contributed by atoms with E-state index < -0.39 is 10.0 Å². The first-order valence-corrected chi connectivity index (χ1v) is 10.3. The Morgan fingerprint density at radius 2 is 1.79 bits per heavy atom. The molecule has 0 aliphatic rings. The quantitative estimate of drug-likeness (QED) is 0.679. The fourth-order valence-corrected chi connectivity index (χ4v) is 3.89. The summed E-state index contributed by atoms with van der Waals surface area (Å²) in [5, 5.41) is 0. The highest BCUT2D eigenvalue weighted by atomic mass is 32.2. The minimum absolute atomic E-state index is 0.0260. The maximum Gasteiger partial charge on any atom is 0.265 e. The lowest BCUT2D eigenvalue weighted by molar-refractivity contribution is 0.397. The van der Waals surface area contributed by atoms with Crippen LogP contribution in [-0.4, -0.2) is 30.5 Å². The van der Waals surface area contributed by atoms with E-state index in [1.807, 2.05) is 24.3 Å². The molecule has 0 radical (unpaired) electrons. The third-order valence-corrected chi connectivity index (χ3v) is 5.57. The number of nitrogens with one attached hydrogen (secondary N) is 1. The minimum atomic E-state index is -3.96. The third-order valence-electron chi connectivity index (χ3n) is 4.20. The highest BCUT2D eigenvalue weighted by Gasteiger charge is 2.23. The van der Waals surface area contributed by atoms with Gasteiger partial charge in [0.15, 0.2) is 0 Å². The Bertz CT molecular complexity index is 1080. The van der Waals surface area contributed by atoms with Gasteiger partial charge in [-0.1, -0.05) is 38.1 Å². The van der Waals surface area contributed by atoms with Gasteiger partial charge in [0.25, 0.3) is 15.9 Å². The van der Waals surface area contributed by atoms with Gasteiger partial charge >= 0.3 is 0 Å². The van der Waals surface area contributed by atoms with Gasteiger partial charge in [0.2, 0.25) is 5.82 Å². The summed E-state index contributed by atoms with van der Waals surface area (Å²) in [6, 6.07) is 10.8. The van der Waals surface area contributed by atoms with Crippen molar-refractivity contribution in [1.82, 2.24) is 15.0 Å². The molecule has 1 aromatic carbocycles. The van der Waals surface area contributed by atoms with Crippen LogP contribution in [0.3, 0.4) is 0 Å². The zero-order valence-electron chi connectivity index (χ0n) is 16.2. The number of hydrogen-bond acceptors (Lipinski definition) is 6. The molecule has 0 atom stereocenters. The first-order chi connectivity index (χ1) is 13.3. The molecule has 0 saturated carbocycles. The number of sulfonamides is 1. The van der Waals surface area contributed by atoms with Crippen LogP contribution in [0, 0.1) is 6.92 Å². The van der Waals surface area contributed by atoms with Gasteiger partial charge in [-0.25, -0.2) is 18.4 Å². The molecule has 146 valence electrons. The van der Waals surface area contributed by atoms with Crippen molar-refractivity contribution in [2.24, 2.45) is 0 Å². The molecule has 0 aliphatic heterocycles. The summed E-state index contributed by atoms with van der Waals surface area (Å²) in [4.78, 5) is 12.6. The van der Waals surface area contributed by atoms with Crippen LogP contribution in [0.5, 0.6) is 5.88 Å². The summed E-state index contributed by atoms with van der Waals surface area (Å²) in [5.41, 5.74) is 2.87. The van der Waals surface area contributed by atoms with Crippen LogP contribution in [0.15, 0.2) is 53.7 Å². The summed E-state index contributed by atoms with van der Waals surface area (Å²) in [6.45, 7) is 5.95. The number of aromatic nitrogens is 3. The average molecular weight is 398 g/mol. The molecule has 0 amide bonds. The average Bonchev–Trinajstić information content (AvgIpc) is 2.69. The lowest BCUT2D eigenvalue weighted by Crippen LogP contribution is -2.16. The van der Waals surface area contributed by atoms with Crippen molar-refractivity contribution in [3.63, 3.8) is 0 Å². The number of methoxy groups -OCH3 is 1. The van der Waals surface area contributed by atoms with Crippen LogP contribution in [-0.2, 0) is 10.0 Å². The monoisotopic (exact) mass is 398 g/mol. The molecular weight excluding hydrogens is 376 g/mol. The predicted molar refractivity (Wildman–Crippen MR) is 108 cm³/mol. The molecule has 0 saturated heterocycles. The van der Waals surface area contributed by atoms with Crippen LogP contribution in [0.25, 0.3) is 11.3 Å². The largest absolute Gasteiger partial charge is 0.478 e. The summed E-state index contributed by atoms with van der Waals surface area (Å²) in [6.07, 6.45) is 3.03. The van der Waals surface area contributed by atoms with Crippen molar-refractivity contribution in [3.8, 4) is 17.1 Å². The number of rotatable bonds is 6. The van der Waals surface area contributed by atoms with E-state index in [1.165, 1.54) is 24.9 Å². The van der Waals surface area contributed by atoms with E-state index in [-0.39, 0.29) is 16.6 Å². The van der Waals surface area contributed by atoms with E-state index in [0.717, 1.165) is 0 Å².